The Morgan fingerprint density at radius 2 is 1.87 bits per heavy atom. The van der Waals surface area contributed by atoms with Gasteiger partial charge in [-0.2, -0.15) is 0 Å². The third-order valence-corrected chi connectivity index (χ3v) is 6.45. The van der Waals surface area contributed by atoms with E-state index in [-0.39, 0.29) is 17.5 Å². The molecule has 5 heteroatoms. The minimum atomic E-state index is -0.962. The highest BCUT2D eigenvalue weighted by Crippen LogP contribution is 2.51. The van der Waals surface area contributed by atoms with Gasteiger partial charge in [0, 0.05) is 5.92 Å². The highest BCUT2D eigenvalue weighted by Gasteiger charge is 2.39. The second-order valence-corrected chi connectivity index (χ2v) is 8.45. The number of hydrogen-bond donors (Lipinski definition) is 2. The van der Waals surface area contributed by atoms with Gasteiger partial charge < -0.3 is 15.2 Å². The smallest absolute Gasteiger partial charge is 0.335 e. The average molecular weight is 432 g/mol. The quantitative estimate of drug-likeness (QED) is 0.456. The fourth-order valence-corrected chi connectivity index (χ4v) is 4.90. The van der Waals surface area contributed by atoms with Crippen LogP contribution in [0.15, 0.2) is 78.9 Å². The molecule has 1 aliphatic carbocycles. The molecule has 0 radical (unpaired) electrons. The highest BCUT2D eigenvalue weighted by molar-refractivity contribution is 6.33. The van der Waals surface area contributed by atoms with E-state index in [2.05, 4.69) is 29.6 Å². The van der Waals surface area contributed by atoms with Crippen LogP contribution in [0, 0.1) is 5.92 Å². The van der Waals surface area contributed by atoms with Crippen molar-refractivity contribution in [2.75, 3.05) is 5.32 Å². The first kappa shape index (κ1) is 19.7. The second kappa shape index (κ2) is 8.12. The summed E-state index contributed by atoms with van der Waals surface area (Å²) in [5, 5.41) is 13.5. The second-order valence-electron chi connectivity index (χ2n) is 8.05. The van der Waals surface area contributed by atoms with Crippen LogP contribution in [0.5, 0.6) is 5.75 Å². The van der Waals surface area contributed by atoms with E-state index in [9.17, 15) is 9.90 Å². The lowest BCUT2D eigenvalue weighted by atomic mass is 9.76. The number of ether oxygens (including phenoxy) is 1. The van der Waals surface area contributed by atoms with E-state index in [1.807, 2.05) is 42.5 Å². The fourth-order valence-electron chi connectivity index (χ4n) is 4.62. The molecule has 3 aromatic carbocycles. The molecular weight excluding hydrogens is 410 g/mol. The van der Waals surface area contributed by atoms with Crippen molar-refractivity contribution in [3.8, 4) is 5.75 Å². The van der Waals surface area contributed by atoms with Gasteiger partial charge >= 0.3 is 5.97 Å². The molecule has 156 valence electrons. The largest absolute Gasteiger partial charge is 0.489 e. The van der Waals surface area contributed by atoms with Crippen LogP contribution in [0.4, 0.5) is 5.69 Å². The average Bonchev–Trinajstić information content (AvgIpc) is 3.29. The number of aromatic carboxylic acids is 1. The summed E-state index contributed by atoms with van der Waals surface area (Å²) in [6, 6.07) is 21.6. The van der Waals surface area contributed by atoms with Crippen LogP contribution in [0.3, 0.4) is 0 Å². The Labute approximate surface area is 186 Å². The summed E-state index contributed by atoms with van der Waals surface area (Å²) in [6.07, 6.45) is 5.29. The molecule has 1 heterocycles. The number of carboxylic acids is 1. The molecule has 2 aliphatic rings. The molecule has 0 amide bonds. The van der Waals surface area contributed by atoms with Crippen molar-refractivity contribution in [2.24, 2.45) is 5.92 Å². The van der Waals surface area contributed by atoms with Crippen molar-refractivity contribution in [3.05, 3.63) is 106 Å². The van der Waals surface area contributed by atoms with Crippen LogP contribution in [-0.4, -0.2) is 11.1 Å². The van der Waals surface area contributed by atoms with Crippen LogP contribution in [0.2, 0.25) is 5.02 Å². The number of rotatable bonds is 5. The van der Waals surface area contributed by atoms with Crippen LogP contribution in [-0.2, 0) is 6.61 Å². The van der Waals surface area contributed by atoms with Gasteiger partial charge in [0.05, 0.1) is 22.3 Å². The molecule has 4 nitrogen and oxygen atoms in total. The Bertz CT molecular complexity index is 1140. The van der Waals surface area contributed by atoms with Crippen molar-refractivity contribution in [1.29, 1.82) is 0 Å². The maximum atomic E-state index is 11.5. The monoisotopic (exact) mass is 431 g/mol. The number of fused-ring (bicyclic) bond motifs is 3. The van der Waals surface area contributed by atoms with E-state index in [1.165, 1.54) is 6.07 Å². The molecule has 3 aromatic rings. The summed E-state index contributed by atoms with van der Waals surface area (Å²) in [5.41, 5.74) is 4.31. The summed E-state index contributed by atoms with van der Waals surface area (Å²) in [7, 11) is 0. The number of carboxylic acid groups (broad SMARTS) is 1. The van der Waals surface area contributed by atoms with Crippen LogP contribution in [0.25, 0.3) is 0 Å². The lowest BCUT2D eigenvalue weighted by molar-refractivity contribution is 0.0696. The van der Waals surface area contributed by atoms with Gasteiger partial charge in [-0.1, -0.05) is 66.2 Å². The number of carbonyl (C=O) groups is 1. The lowest BCUT2D eigenvalue weighted by Crippen LogP contribution is -2.29. The lowest BCUT2D eigenvalue weighted by Gasteiger charge is -2.38. The number of anilines is 1. The van der Waals surface area contributed by atoms with Crippen LogP contribution >= 0.6 is 11.6 Å². The molecule has 0 saturated carbocycles. The number of benzene rings is 3. The maximum Gasteiger partial charge on any atom is 0.335 e. The number of nitrogens with one attached hydrogen (secondary N) is 1. The van der Waals surface area contributed by atoms with E-state index in [4.69, 9.17) is 16.3 Å². The van der Waals surface area contributed by atoms with Crippen molar-refractivity contribution in [3.63, 3.8) is 0 Å². The topological polar surface area (TPSA) is 58.6 Å². The van der Waals surface area contributed by atoms with Gasteiger partial charge in [-0.15, -0.1) is 0 Å². The summed E-state index contributed by atoms with van der Waals surface area (Å²) >= 11 is 6.49. The maximum absolute atomic E-state index is 11.5. The molecule has 1 aliphatic heterocycles. The molecule has 0 unspecified atom stereocenters. The SMILES string of the molecule is O=C(O)c1cc(Cl)c2c(c1)[C@@H]1C=CC[C@@H]1[C@@H](c1ccc(OCc3ccccc3)cc1)N2. The summed E-state index contributed by atoms with van der Waals surface area (Å²) in [4.78, 5) is 11.5. The Balaban J connectivity index is 1.39. The first-order valence-electron chi connectivity index (χ1n) is 10.4. The Morgan fingerprint density at radius 3 is 2.61 bits per heavy atom. The fraction of sp³-hybridized carbons (Fsp3) is 0.192. The minimum Gasteiger partial charge on any atom is -0.489 e. The first-order valence-corrected chi connectivity index (χ1v) is 10.7. The van der Waals surface area contributed by atoms with Crippen molar-refractivity contribution < 1.29 is 14.6 Å². The van der Waals surface area contributed by atoms with Crippen LogP contribution < -0.4 is 10.1 Å². The molecule has 3 atom stereocenters. The van der Waals surface area contributed by atoms with E-state index in [1.54, 1.807) is 6.07 Å². The number of halogens is 1. The zero-order valence-electron chi connectivity index (χ0n) is 16.8. The van der Waals surface area contributed by atoms with Gasteiger partial charge in [0.1, 0.15) is 12.4 Å². The predicted molar refractivity (Wildman–Crippen MR) is 122 cm³/mol. The van der Waals surface area contributed by atoms with E-state index >= 15 is 0 Å². The molecule has 31 heavy (non-hydrogen) atoms. The highest BCUT2D eigenvalue weighted by atomic mass is 35.5. The van der Waals surface area contributed by atoms with Gasteiger partial charge in [0.2, 0.25) is 0 Å². The minimum absolute atomic E-state index is 0.0869. The molecule has 0 saturated heterocycles. The third kappa shape index (κ3) is 3.79. The first-order chi connectivity index (χ1) is 15.1. The molecule has 0 spiro atoms. The van der Waals surface area contributed by atoms with E-state index < -0.39 is 5.97 Å². The standard InChI is InChI=1S/C26H22ClNO3/c27-23-14-18(26(29)30)13-22-20-7-4-8-21(20)24(28-25(22)23)17-9-11-19(12-10-17)31-15-16-5-2-1-3-6-16/h1-7,9-14,20-21,24,28H,8,15H2,(H,29,30)/t20-,21+,24-/m1/s1. The Morgan fingerprint density at radius 1 is 1.10 bits per heavy atom. The van der Waals surface area contributed by atoms with Crippen molar-refractivity contribution in [2.45, 2.75) is 25.0 Å². The zero-order chi connectivity index (χ0) is 21.4. The predicted octanol–water partition coefficient (Wildman–Crippen LogP) is 6.44. The van der Waals surface area contributed by atoms with E-state index in [0.717, 1.165) is 34.5 Å². The van der Waals surface area contributed by atoms with Gasteiger partial charge in [-0.25, -0.2) is 4.79 Å². The molecule has 0 fully saturated rings. The number of hydrogen-bond acceptors (Lipinski definition) is 3. The van der Waals surface area contributed by atoms with Gasteiger partial charge in [-0.3, -0.25) is 0 Å². The normalized spacial score (nSPS) is 21.1. The van der Waals surface area contributed by atoms with Crippen molar-refractivity contribution in [1.82, 2.24) is 0 Å². The van der Waals surface area contributed by atoms with Gasteiger partial charge in [0.25, 0.3) is 0 Å². The summed E-state index contributed by atoms with van der Waals surface area (Å²) in [6.45, 7) is 0.533. The van der Waals surface area contributed by atoms with Crippen LogP contribution in [0.1, 0.15) is 45.4 Å². The molecular formula is C26H22ClNO3. The molecule has 0 bridgehead atoms. The Hall–Kier alpha value is -3.24. The molecule has 2 N–H and O–H groups in total. The van der Waals surface area contributed by atoms with E-state index in [0.29, 0.717) is 17.5 Å². The summed E-state index contributed by atoms with van der Waals surface area (Å²) in [5.74, 6) is 0.321. The number of allylic oxidation sites excluding steroid dienone is 2. The molecule has 5 rings (SSSR count). The van der Waals surface area contributed by atoms with Gasteiger partial charge in [0.15, 0.2) is 0 Å². The zero-order valence-corrected chi connectivity index (χ0v) is 17.5. The Kier molecular flexibility index (Phi) is 5.16. The third-order valence-electron chi connectivity index (χ3n) is 6.16. The van der Waals surface area contributed by atoms with Gasteiger partial charge in [-0.05, 0) is 53.3 Å². The summed E-state index contributed by atoms with van der Waals surface area (Å²) < 4.78 is 5.92. The molecule has 0 aromatic heterocycles. The van der Waals surface area contributed by atoms with Crippen molar-refractivity contribution >= 4 is 23.3 Å².